The van der Waals surface area contributed by atoms with Crippen molar-refractivity contribution in [2.24, 2.45) is 0 Å². The Bertz CT molecular complexity index is 916. The van der Waals surface area contributed by atoms with Crippen LogP contribution in [-0.4, -0.2) is 9.78 Å². The van der Waals surface area contributed by atoms with Crippen molar-refractivity contribution in [2.75, 3.05) is 0 Å². The highest BCUT2D eigenvalue weighted by atomic mass is 35.5. The van der Waals surface area contributed by atoms with Crippen LogP contribution in [0.25, 0.3) is 10.9 Å². The van der Waals surface area contributed by atoms with Gasteiger partial charge in [0.15, 0.2) is 0 Å². The molecule has 0 bridgehead atoms. The van der Waals surface area contributed by atoms with Crippen molar-refractivity contribution in [3.05, 3.63) is 63.3 Å². The molecule has 3 nitrogen and oxygen atoms in total. The van der Waals surface area contributed by atoms with Gasteiger partial charge in [-0.2, -0.15) is 10.4 Å². The van der Waals surface area contributed by atoms with Crippen LogP contribution in [0.3, 0.4) is 0 Å². The number of aromatic nitrogens is 2. The van der Waals surface area contributed by atoms with E-state index in [-0.39, 0.29) is 0 Å². The molecule has 0 unspecified atom stereocenters. The second-order valence-corrected chi connectivity index (χ2v) is 5.94. The third kappa shape index (κ3) is 2.26. The number of benzene rings is 2. The molecule has 22 heavy (non-hydrogen) atoms. The summed E-state index contributed by atoms with van der Waals surface area (Å²) in [5, 5.41) is 16.0. The molecule has 4 heteroatoms. The van der Waals surface area contributed by atoms with Gasteiger partial charge in [-0.3, -0.25) is 4.68 Å². The molecule has 3 aromatic rings. The predicted molar refractivity (Wildman–Crippen MR) is 89.2 cm³/mol. The molecule has 0 atom stereocenters. The second-order valence-electron chi connectivity index (χ2n) is 5.54. The molecule has 0 saturated heterocycles. The summed E-state index contributed by atoms with van der Waals surface area (Å²) < 4.78 is 1.89. The minimum atomic E-state index is 0.557. The summed E-state index contributed by atoms with van der Waals surface area (Å²) >= 11 is 6.26. The van der Waals surface area contributed by atoms with Crippen molar-refractivity contribution >= 4 is 22.5 Å². The first-order chi connectivity index (χ1) is 10.5. The molecule has 0 aliphatic rings. The lowest BCUT2D eigenvalue weighted by molar-refractivity contribution is 0.702. The Balaban J connectivity index is 2.26. The summed E-state index contributed by atoms with van der Waals surface area (Å²) in [6, 6.07) is 12.2. The Morgan fingerprint density at radius 1 is 1.23 bits per heavy atom. The van der Waals surface area contributed by atoms with Crippen molar-refractivity contribution in [1.29, 1.82) is 5.26 Å². The van der Waals surface area contributed by atoms with E-state index in [4.69, 9.17) is 11.6 Å². The molecule has 0 spiro atoms. The van der Waals surface area contributed by atoms with E-state index < -0.39 is 0 Å². The SMILES string of the molecule is Cc1cc2c(C)nn(Cc3ccccc3Cl)c2c(C#N)c1C. The Kier molecular flexibility index (Phi) is 3.64. The first-order valence-corrected chi connectivity index (χ1v) is 7.51. The third-order valence-corrected chi connectivity index (χ3v) is 4.50. The average Bonchev–Trinajstić information content (AvgIpc) is 2.79. The van der Waals surface area contributed by atoms with Gasteiger partial charge >= 0.3 is 0 Å². The van der Waals surface area contributed by atoms with Gasteiger partial charge in [0.2, 0.25) is 0 Å². The highest BCUT2D eigenvalue weighted by molar-refractivity contribution is 6.31. The van der Waals surface area contributed by atoms with E-state index in [1.54, 1.807) is 0 Å². The standard InChI is InChI=1S/C18H16ClN3/c1-11-8-15-13(3)21-22(18(15)16(9-20)12(11)2)10-14-6-4-5-7-17(14)19/h4-8H,10H2,1-3H3. The summed E-state index contributed by atoms with van der Waals surface area (Å²) in [7, 11) is 0. The number of aryl methyl sites for hydroxylation is 2. The van der Waals surface area contributed by atoms with Crippen LogP contribution in [0.15, 0.2) is 30.3 Å². The Morgan fingerprint density at radius 3 is 2.64 bits per heavy atom. The van der Waals surface area contributed by atoms with Gasteiger partial charge in [-0.1, -0.05) is 29.8 Å². The van der Waals surface area contributed by atoms with Crippen LogP contribution in [0.1, 0.15) is 27.9 Å². The molecule has 3 rings (SSSR count). The first-order valence-electron chi connectivity index (χ1n) is 7.13. The minimum absolute atomic E-state index is 0.557. The topological polar surface area (TPSA) is 41.6 Å². The van der Waals surface area contributed by atoms with E-state index in [0.29, 0.717) is 17.1 Å². The van der Waals surface area contributed by atoms with Crippen LogP contribution in [0.5, 0.6) is 0 Å². The quantitative estimate of drug-likeness (QED) is 0.697. The number of rotatable bonds is 2. The number of nitriles is 1. The first kappa shape index (κ1) is 14.6. The number of hydrogen-bond acceptors (Lipinski definition) is 2. The van der Waals surface area contributed by atoms with Gasteiger partial charge in [0.05, 0.1) is 23.3 Å². The highest BCUT2D eigenvalue weighted by Crippen LogP contribution is 2.28. The fourth-order valence-corrected chi connectivity index (χ4v) is 2.97. The molecule has 1 heterocycles. The highest BCUT2D eigenvalue weighted by Gasteiger charge is 2.16. The third-order valence-electron chi connectivity index (χ3n) is 4.13. The minimum Gasteiger partial charge on any atom is -0.259 e. The molecule has 0 N–H and O–H groups in total. The summed E-state index contributed by atoms with van der Waals surface area (Å²) in [5.41, 5.74) is 5.64. The number of fused-ring (bicyclic) bond motifs is 1. The normalized spacial score (nSPS) is 10.9. The summed E-state index contributed by atoms with van der Waals surface area (Å²) in [6.45, 7) is 6.54. The van der Waals surface area contributed by atoms with E-state index in [9.17, 15) is 5.26 Å². The number of hydrogen-bond donors (Lipinski definition) is 0. The smallest absolute Gasteiger partial charge is 0.102 e. The van der Waals surface area contributed by atoms with Crippen LogP contribution < -0.4 is 0 Å². The molecular formula is C18H16ClN3. The van der Waals surface area contributed by atoms with Gasteiger partial charge in [-0.15, -0.1) is 0 Å². The van der Waals surface area contributed by atoms with Gasteiger partial charge in [0.1, 0.15) is 6.07 Å². The molecule has 0 radical (unpaired) electrons. The van der Waals surface area contributed by atoms with E-state index >= 15 is 0 Å². The summed E-state index contributed by atoms with van der Waals surface area (Å²) in [5.74, 6) is 0. The van der Waals surface area contributed by atoms with Crippen molar-refractivity contribution in [1.82, 2.24) is 9.78 Å². The van der Waals surface area contributed by atoms with Crippen LogP contribution in [-0.2, 0) is 6.54 Å². The van der Waals surface area contributed by atoms with Crippen molar-refractivity contribution < 1.29 is 0 Å². The van der Waals surface area contributed by atoms with Gasteiger partial charge in [0, 0.05) is 10.4 Å². The zero-order chi connectivity index (χ0) is 15.9. The van der Waals surface area contributed by atoms with Crippen molar-refractivity contribution in [2.45, 2.75) is 27.3 Å². The summed E-state index contributed by atoms with van der Waals surface area (Å²) in [4.78, 5) is 0. The molecule has 110 valence electrons. The lowest BCUT2D eigenvalue weighted by Gasteiger charge is -2.09. The van der Waals surface area contributed by atoms with E-state index in [1.807, 2.05) is 49.7 Å². The molecule has 1 aromatic heterocycles. The van der Waals surface area contributed by atoms with Crippen LogP contribution in [0.4, 0.5) is 0 Å². The Morgan fingerprint density at radius 2 is 1.95 bits per heavy atom. The molecule has 0 aliphatic carbocycles. The van der Waals surface area contributed by atoms with E-state index in [0.717, 1.165) is 33.3 Å². The molecule has 2 aromatic carbocycles. The number of halogens is 1. The largest absolute Gasteiger partial charge is 0.259 e. The van der Waals surface area contributed by atoms with Crippen LogP contribution in [0, 0.1) is 32.1 Å². The van der Waals surface area contributed by atoms with Gasteiger partial charge in [-0.05, 0) is 49.6 Å². The van der Waals surface area contributed by atoms with Gasteiger partial charge < -0.3 is 0 Å². The Labute approximate surface area is 134 Å². The van der Waals surface area contributed by atoms with Crippen molar-refractivity contribution in [3.8, 4) is 6.07 Å². The zero-order valence-electron chi connectivity index (χ0n) is 12.8. The maximum absolute atomic E-state index is 9.58. The van der Waals surface area contributed by atoms with Crippen molar-refractivity contribution in [3.63, 3.8) is 0 Å². The number of nitrogens with zero attached hydrogens (tertiary/aromatic N) is 3. The zero-order valence-corrected chi connectivity index (χ0v) is 13.6. The molecule has 0 amide bonds. The Hall–Kier alpha value is -2.31. The van der Waals surface area contributed by atoms with Gasteiger partial charge in [-0.25, -0.2) is 0 Å². The monoisotopic (exact) mass is 309 g/mol. The molecule has 0 fully saturated rings. The maximum atomic E-state index is 9.58. The molecule has 0 aliphatic heterocycles. The molecule has 0 saturated carbocycles. The molecular weight excluding hydrogens is 294 g/mol. The fraction of sp³-hybridized carbons (Fsp3) is 0.222. The summed E-state index contributed by atoms with van der Waals surface area (Å²) in [6.07, 6.45) is 0. The van der Waals surface area contributed by atoms with E-state index in [2.05, 4.69) is 17.2 Å². The lowest BCUT2D eigenvalue weighted by atomic mass is 9.99. The fourth-order valence-electron chi connectivity index (χ4n) is 2.77. The second kappa shape index (κ2) is 5.47. The lowest BCUT2D eigenvalue weighted by Crippen LogP contribution is -2.04. The van der Waals surface area contributed by atoms with Gasteiger partial charge in [0.25, 0.3) is 0 Å². The predicted octanol–water partition coefficient (Wildman–Crippen LogP) is 4.53. The average molecular weight is 310 g/mol. The van der Waals surface area contributed by atoms with Crippen LogP contribution in [0.2, 0.25) is 5.02 Å². The van der Waals surface area contributed by atoms with E-state index in [1.165, 1.54) is 0 Å². The van der Waals surface area contributed by atoms with Crippen LogP contribution >= 0.6 is 11.6 Å². The maximum Gasteiger partial charge on any atom is 0.102 e.